The van der Waals surface area contributed by atoms with Gasteiger partial charge in [0.15, 0.2) is 0 Å². The summed E-state index contributed by atoms with van der Waals surface area (Å²) in [5.41, 5.74) is 1.82. The molecule has 1 saturated carbocycles. The summed E-state index contributed by atoms with van der Waals surface area (Å²) in [5, 5.41) is 0. The van der Waals surface area contributed by atoms with Gasteiger partial charge in [0.1, 0.15) is 0 Å². The average molecular weight is 177 g/mol. The lowest BCUT2D eigenvalue weighted by molar-refractivity contribution is 0.322. The second kappa shape index (κ2) is 4.30. The first kappa shape index (κ1) is 9.30. The quantitative estimate of drug-likeness (QED) is 0.556. The molecule has 13 heavy (non-hydrogen) atoms. The van der Waals surface area contributed by atoms with Crippen LogP contribution in [0.25, 0.3) is 0 Å². The van der Waals surface area contributed by atoms with Gasteiger partial charge in [0.2, 0.25) is 0 Å². The third-order valence-electron chi connectivity index (χ3n) is 3.74. The van der Waals surface area contributed by atoms with Gasteiger partial charge in [0, 0.05) is 0 Å². The van der Waals surface area contributed by atoms with Crippen LogP contribution in [0.3, 0.4) is 0 Å². The van der Waals surface area contributed by atoms with Crippen molar-refractivity contribution in [3.8, 4) is 0 Å². The highest BCUT2D eigenvalue weighted by Gasteiger charge is 2.27. The second-order valence-electron chi connectivity index (χ2n) is 4.60. The Morgan fingerprint density at radius 3 is 2.92 bits per heavy atom. The molecule has 0 heterocycles. The third kappa shape index (κ3) is 1.98. The van der Waals surface area contributed by atoms with Crippen LogP contribution in [-0.2, 0) is 0 Å². The molecule has 1 fully saturated rings. The van der Waals surface area contributed by atoms with Gasteiger partial charge in [0.05, 0.1) is 0 Å². The van der Waals surface area contributed by atoms with Crippen LogP contribution in [0, 0.1) is 18.8 Å². The Balaban J connectivity index is 2.05. The van der Waals surface area contributed by atoms with E-state index in [2.05, 4.69) is 13.0 Å². The summed E-state index contributed by atoms with van der Waals surface area (Å²) >= 11 is 0. The molecule has 2 aliphatic carbocycles. The van der Waals surface area contributed by atoms with Crippen molar-refractivity contribution in [2.24, 2.45) is 11.8 Å². The largest absolute Gasteiger partial charge is 0.0848 e. The molecule has 2 aliphatic rings. The molecule has 2 atom stereocenters. The molecule has 0 aromatic rings. The molecule has 0 aromatic carbocycles. The second-order valence-corrected chi connectivity index (χ2v) is 4.60. The zero-order valence-corrected chi connectivity index (χ0v) is 8.60. The van der Waals surface area contributed by atoms with Crippen LogP contribution in [0.5, 0.6) is 0 Å². The summed E-state index contributed by atoms with van der Waals surface area (Å²) in [7, 11) is 0. The summed E-state index contributed by atoms with van der Waals surface area (Å²) in [6.45, 7) is 3.99. The number of fused-ring (bicyclic) bond motifs is 1. The molecule has 0 spiro atoms. The highest BCUT2D eigenvalue weighted by atomic mass is 14.3. The Kier molecular flexibility index (Phi) is 3.08. The fourth-order valence-electron chi connectivity index (χ4n) is 3.11. The average Bonchev–Trinajstić information content (AvgIpc) is 2.19. The molecule has 0 amide bonds. The van der Waals surface area contributed by atoms with E-state index in [4.69, 9.17) is 0 Å². The van der Waals surface area contributed by atoms with E-state index in [1.165, 1.54) is 44.9 Å². The Bertz CT molecular complexity index is 188. The molecule has 1 radical (unpaired) electrons. The van der Waals surface area contributed by atoms with Crippen LogP contribution >= 0.6 is 0 Å². The van der Waals surface area contributed by atoms with E-state index in [9.17, 15) is 0 Å². The lowest BCUT2D eigenvalue weighted by Gasteiger charge is -2.35. The van der Waals surface area contributed by atoms with Gasteiger partial charge in [-0.2, -0.15) is 0 Å². The van der Waals surface area contributed by atoms with Gasteiger partial charge in [0.25, 0.3) is 0 Å². The van der Waals surface area contributed by atoms with Crippen molar-refractivity contribution in [1.82, 2.24) is 0 Å². The lowest BCUT2D eigenvalue weighted by Crippen LogP contribution is -2.21. The van der Waals surface area contributed by atoms with Crippen molar-refractivity contribution in [3.05, 3.63) is 18.6 Å². The predicted molar refractivity (Wildman–Crippen MR) is 57.4 cm³/mol. The van der Waals surface area contributed by atoms with Gasteiger partial charge in [-0.25, -0.2) is 0 Å². The summed E-state index contributed by atoms with van der Waals surface area (Å²) in [4.78, 5) is 0. The minimum atomic E-state index is 0.913. The van der Waals surface area contributed by atoms with Gasteiger partial charge in [-0.3, -0.25) is 0 Å². The van der Waals surface area contributed by atoms with Crippen LogP contribution < -0.4 is 0 Å². The van der Waals surface area contributed by atoms with Crippen LogP contribution in [0.1, 0.15) is 51.4 Å². The molecule has 2 unspecified atom stereocenters. The minimum absolute atomic E-state index is 0.913. The molecular formula is C13H21. The first-order valence-corrected chi connectivity index (χ1v) is 5.91. The first-order valence-electron chi connectivity index (χ1n) is 5.91. The van der Waals surface area contributed by atoms with Gasteiger partial charge in [-0.05, 0) is 50.4 Å². The van der Waals surface area contributed by atoms with E-state index in [0.717, 1.165) is 18.3 Å². The zero-order valence-electron chi connectivity index (χ0n) is 8.60. The molecule has 0 nitrogen and oxygen atoms in total. The van der Waals surface area contributed by atoms with E-state index >= 15 is 0 Å². The van der Waals surface area contributed by atoms with Gasteiger partial charge < -0.3 is 0 Å². The standard InChI is InChI=1S/C13H21/c1-2-6-11-8-5-9-12-7-3-4-10-13(11)12/h10-12H,1-9H2. The summed E-state index contributed by atoms with van der Waals surface area (Å²) in [5.74, 6) is 1.88. The summed E-state index contributed by atoms with van der Waals surface area (Å²) < 4.78 is 0. The van der Waals surface area contributed by atoms with Crippen molar-refractivity contribution in [1.29, 1.82) is 0 Å². The Hall–Kier alpha value is -0.260. The van der Waals surface area contributed by atoms with Gasteiger partial charge in [-0.15, -0.1) is 0 Å². The maximum absolute atomic E-state index is 3.99. The maximum Gasteiger partial charge on any atom is -0.0200 e. The fraction of sp³-hybridized carbons (Fsp3) is 0.769. The lowest BCUT2D eigenvalue weighted by atomic mass is 9.71. The molecule has 0 aliphatic heterocycles. The zero-order chi connectivity index (χ0) is 9.10. The van der Waals surface area contributed by atoms with Crippen molar-refractivity contribution in [2.75, 3.05) is 0 Å². The Morgan fingerprint density at radius 1 is 1.23 bits per heavy atom. The van der Waals surface area contributed by atoms with E-state index in [1.54, 1.807) is 0 Å². The molecular weight excluding hydrogens is 156 g/mol. The van der Waals surface area contributed by atoms with Crippen molar-refractivity contribution < 1.29 is 0 Å². The fourth-order valence-corrected chi connectivity index (χ4v) is 3.11. The number of allylic oxidation sites excluding steroid dienone is 2. The van der Waals surface area contributed by atoms with Crippen molar-refractivity contribution >= 4 is 0 Å². The Labute approximate surface area is 82.4 Å². The van der Waals surface area contributed by atoms with Crippen LogP contribution in [-0.4, -0.2) is 0 Å². The highest BCUT2D eigenvalue weighted by Crippen LogP contribution is 2.41. The topological polar surface area (TPSA) is 0 Å². The Morgan fingerprint density at radius 2 is 2.08 bits per heavy atom. The number of hydrogen-bond acceptors (Lipinski definition) is 0. The van der Waals surface area contributed by atoms with E-state index in [1.807, 2.05) is 5.57 Å². The minimum Gasteiger partial charge on any atom is -0.0848 e. The van der Waals surface area contributed by atoms with Crippen molar-refractivity contribution in [2.45, 2.75) is 51.4 Å². The molecule has 0 aromatic heterocycles. The summed E-state index contributed by atoms with van der Waals surface area (Å²) in [6, 6.07) is 0. The van der Waals surface area contributed by atoms with E-state index in [0.29, 0.717) is 0 Å². The first-order chi connectivity index (χ1) is 6.42. The van der Waals surface area contributed by atoms with Crippen LogP contribution in [0.4, 0.5) is 0 Å². The number of hydrogen-bond donors (Lipinski definition) is 0. The summed E-state index contributed by atoms with van der Waals surface area (Å²) in [6.07, 6.45) is 13.6. The third-order valence-corrected chi connectivity index (χ3v) is 3.74. The van der Waals surface area contributed by atoms with E-state index in [-0.39, 0.29) is 0 Å². The van der Waals surface area contributed by atoms with Crippen LogP contribution in [0.15, 0.2) is 11.6 Å². The smallest absolute Gasteiger partial charge is 0.0200 e. The predicted octanol–water partition coefficient (Wildman–Crippen LogP) is 4.13. The molecule has 0 saturated heterocycles. The maximum atomic E-state index is 3.99. The van der Waals surface area contributed by atoms with E-state index < -0.39 is 0 Å². The van der Waals surface area contributed by atoms with Crippen LogP contribution in [0.2, 0.25) is 0 Å². The normalized spacial score (nSPS) is 33.8. The monoisotopic (exact) mass is 177 g/mol. The molecule has 0 N–H and O–H groups in total. The molecule has 73 valence electrons. The highest BCUT2D eigenvalue weighted by molar-refractivity contribution is 5.15. The van der Waals surface area contributed by atoms with Gasteiger partial charge in [-0.1, -0.05) is 31.4 Å². The number of rotatable bonds is 2. The van der Waals surface area contributed by atoms with Crippen molar-refractivity contribution in [3.63, 3.8) is 0 Å². The molecule has 0 bridgehead atoms. The molecule has 2 rings (SSSR count). The molecule has 0 heteroatoms. The SMILES string of the molecule is [CH2]CCC1CCCC2CCCC=C12. The van der Waals surface area contributed by atoms with Gasteiger partial charge >= 0.3 is 0 Å².